The fraction of sp³-hybridized carbons (Fsp3) is 0.442. The Morgan fingerprint density at radius 1 is 0.776 bits per heavy atom. The molecule has 0 spiro atoms. The first kappa shape index (κ1) is 40.6. The van der Waals surface area contributed by atoms with Crippen molar-refractivity contribution in [3.8, 4) is 22.4 Å². The van der Waals surface area contributed by atoms with Crippen LogP contribution >= 0.6 is 11.6 Å². The monoisotopic (exact) mass is 810 g/mol. The zero-order chi connectivity index (χ0) is 41.2. The zero-order valence-electron chi connectivity index (χ0n) is 33.6. The minimum Gasteiger partial charge on any atom is -0.453 e. The van der Waals surface area contributed by atoms with Crippen LogP contribution in [-0.4, -0.2) is 87.7 Å². The Labute approximate surface area is 342 Å². The molecule has 1 saturated heterocycles. The number of rotatable bonds is 11. The van der Waals surface area contributed by atoms with Gasteiger partial charge < -0.3 is 40.3 Å². The number of likely N-dealkylation sites (tertiary alicyclic amines) is 1. The van der Waals surface area contributed by atoms with Crippen LogP contribution in [0.1, 0.15) is 83.4 Å². The van der Waals surface area contributed by atoms with Gasteiger partial charge in [0.25, 0.3) is 0 Å². The third kappa shape index (κ3) is 8.20. The molecule has 7 rings (SSSR count). The number of nitrogens with zero attached hydrogens (tertiary/aromatic N) is 3. The minimum atomic E-state index is -0.723. The third-order valence-electron chi connectivity index (χ3n) is 11.5. The Morgan fingerprint density at radius 2 is 1.45 bits per heavy atom. The lowest BCUT2D eigenvalue weighted by molar-refractivity contribution is -0.135. The Kier molecular flexibility index (Phi) is 11.9. The number of hydrogen-bond acceptors (Lipinski definition) is 8. The van der Waals surface area contributed by atoms with E-state index in [-0.39, 0.29) is 41.7 Å². The first-order chi connectivity index (χ1) is 27.9. The summed E-state index contributed by atoms with van der Waals surface area (Å²) in [5.41, 5.74) is 5.31. The molecular formula is C43H51ClN8O6. The molecule has 14 nitrogen and oxygen atoms in total. The lowest BCUT2D eigenvalue weighted by Gasteiger charge is -2.29. The number of nitrogens with one attached hydrogen (secondary N) is 5. The third-order valence-corrected chi connectivity index (χ3v) is 11.8. The number of imidazole rings is 2. The number of methoxy groups -OCH3 is 2. The first-order valence-electron chi connectivity index (χ1n) is 19.9. The maximum Gasteiger partial charge on any atom is 0.407 e. The van der Waals surface area contributed by atoms with E-state index in [1.165, 1.54) is 14.2 Å². The Balaban J connectivity index is 1.07. The lowest BCUT2D eigenvalue weighted by Crippen LogP contribution is -2.52. The van der Waals surface area contributed by atoms with Gasteiger partial charge in [0, 0.05) is 29.5 Å². The van der Waals surface area contributed by atoms with Gasteiger partial charge in [0.1, 0.15) is 34.6 Å². The van der Waals surface area contributed by atoms with Crippen molar-refractivity contribution in [3.63, 3.8) is 0 Å². The van der Waals surface area contributed by atoms with Crippen molar-refractivity contribution in [2.45, 2.75) is 89.9 Å². The van der Waals surface area contributed by atoms with E-state index in [1.807, 2.05) is 50.8 Å². The predicted molar refractivity (Wildman–Crippen MR) is 222 cm³/mol. The second kappa shape index (κ2) is 17.1. The normalized spacial score (nSPS) is 19.1. The number of carbonyl (C=O) groups is 4. The molecule has 2 fully saturated rings. The van der Waals surface area contributed by atoms with Crippen molar-refractivity contribution in [1.29, 1.82) is 0 Å². The number of fused-ring (bicyclic) bond motifs is 3. The predicted octanol–water partition coefficient (Wildman–Crippen LogP) is 7.60. The molecule has 5 atom stereocenters. The van der Waals surface area contributed by atoms with Crippen LogP contribution in [0.4, 0.5) is 9.59 Å². The average Bonchev–Trinajstić information content (AvgIpc) is 4.04. The van der Waals surface area contributed by atoms with Crippen LogP contribution in [0.25, 0.3) is 44.2 Å². The van der Waals surface area contributed by atoms with Gasteiger partial charge in [-0.25, -0.2) is 19.6 Å². The number of aromatic amines is 2. The maximum atomic E-state index is 13.7. The van der Waals surface area contributed by atoms with Crippen LogP contribution in [0.3, 0.4) is 0 Å². The van der Waals surface area contributed by atoms with Crippen LogP contribution in [0.2, 0.25) is 5.15 Å². The molecule has 15 heteroatoms. The highest BCUT2D eigenvalue weighted by molar-refractivity contribution is 6.32. The van der Waals surface area contributed by atoms with Gasteiger partial charge in [-0.3, -0.25) is 9.59 Å². The summed E-state index contributed by atoms with van der Waals surface area (Å²) in [5, 5.41) is 11.0. The number of amides is 4. The fourth-order valence-electron chi connectivity index (χ4n) is 8.36. The molecule has 2 aliphatic rings. The maximum absolute atomic E-state index is 13.7. The SMILES string of the molecule is COC(=O)N[C@H](C(=O)N[C@@H]1CCC[C@@H]1c1nc(-c2ccc(-c3ccc4c(ccc5[nH]c([C@@H]6CCCN6C(=O)[C@@H](NC(=O)OC)C(C)C)nc54)c3)cc2)c(Cl)[nH]1)C(C)C. The second-order valence-corrected chi connectivity index (χ2v) is 16.3. The van der Waals surface area contributed by atoms with Gasteiger partial charge >= 0.3 is 12.2 Å². The summed E-state index contributed by atoms with van der Waals surface area (Å²) in [6.07, 6.45) is 2.88. The number of carbonyl (C=O) groups excluding carboxylic acids is 4. The van der Waals surface area contributed by atoms with Crippen molar-refractivity contribution in [3.05, 3.63) is 71.4 Å². The molecule has 1 aliphatic carbocycles. The van der Waals surface area contributed by atoms with Crippen molar-refractivity contribution in [2.24, 2.45) is 11.8 Å². The molecule has 3 aromatic carbocycles. The number of benzene rings is 3. The van der Waals surface area contributed by atoms with E-state index in [9.17, 15) is 19.2 Å². The minimum absolute atomic E-state index is 0.0535. The largest absolute Gasteiger partial charge is 0.453 e. The van der Waals surface area contributed by atoms with Gasteiger partial charge in [0.2, 0.25) is 11.8 Å². The van der Waals surface area contributed by atoms with E-state index in [0.717, 1.165) is 82.2 Å². The quantitative estimate of drug-likeness (QED) is 0.0903. The summed E-state index contributed by atoms with van der Waals surface area (Å²) in [6, 6.07) is 16.7. The van der Waals surface area contributed by atoms with Crippen LogP contribution in [0, 0.1) is 11.8 Å². The molecule has 5 aromatic rings. The number of H-pyrrole nitrogens is 2. The Bertz CT molecular complexity index is 2320. The van der Waals surface area contributed by atoms with E-state index < -0.39 is 24.3 Å². The van der Waals surface area contributed by atoms with Gasteiger partial charge in [-0.15, -0.1) is 0 Å². The van der Waals surface area contributed by atoms with E-state index >= 15 is 0 Å². The molecule has 0 bridgehead atoms. The second-order valence-electron chi connectivity index (χ2n) is 15.9. The van der Waals surface area contributed by atoms with Crippen molar-refractivity contribution in [2.75, 3.05) is 20.8 Å². The summed E-state index contributed by atoms with van der Waals surface area (Å²) in [6.45, 7) is 8.14. The zero-order valence-corrected chi connectivity index (χ0v) is 34.4. The first-order valence-corrected chi connectivity index (χ1v) is 20.3. The van der Waals surface area contributed by atoms with Gasteiger partial charge in [-0.2, -0.15) is 0 Å². The molecular weight excluding hydrogens is 760 g/mol. The van der Waals surface area contributed by atoms with E-state index in [1.54, 1.807) is 0 Å². The van der Waals surface area contributed by atoms with Crippen molar-refractivity contribution >= 4 is 57.4 Å². The van der Waals surface area contributed by atoms with Gasteiger partial charge in [-0.1, -0.05) is 88.2 Å². The lowest BCUT2D eigenvalue weighted by atomic mass is 9.99. The highest BCUT2D eigenvalue weighted by Crippen LogP contribution is 2.38. The Morgan fingerprint density at radius 3 is 2.14 bits per heavy atom. The van der Waals surface area contributed by atoms with Crippen LogP contribution in [0.15, 0.2) is 54.6 Å². The molecule has 58 heavy (non-hydrogen) atoms. The van der Waals surface area contributed by atoms with Crippen molar-refractivity contribution < 1.29 is 28.7 Å². The van der Waals surface area contributed by atoms with E-state index in [2.05, 4.69) is 62.3 Å². The highest BCUT2D eigenvalue weighted by Gasteiger charge is 2.38. The number of halogens is 1. The number of hydrogen-bond donors (Lipinski definition) is 5. The van der Waals surface area contributed by atoms with Gasteiger partial charge in [0.05, 0.1) is 31.3 Å². The summed E-state index contributed by atoms with van der Waals surface area (Å²) < 4.78 is 9.50. The van der Waals surface area contributed by atoms with Gasteiger partial charge in [0.15, 0.2) is 0 Å². The van der Waals surface area contributed by atoms with Crippen LogP contribution in [0.5, 0.6) is 0 Å². The highest BCUT2D eigenvalue weighted by atomic mass is 35.5. The van der Waals surface area contributed by atoms with Crippen LogP contribution < -0.4 is 16.0 Å². The molecule has 3 heterocycles. The molecule has 306 valence electrons. The molecule has 2 aromatic heterocycles. The average molecular weight is 811 g/mol. The fourth-order valence-corrected chi connectivity index (χ4v) is 8.61. The smallest absolute Gasteiger partial charge is 0.407 e. The molecule has 1 saturated carbocycles. The molecule has 0 radical (unpaired) electrons. The van der Waals surface area contributed by atoms with Gasteiger partial charge in [-0.05, 0) is 66.2 Å². The van der Waals surface area contributed by atoms with E-state index in [4.69, 9.17) is 31.0 Å². The summed E-state index contributed by atoms with van der Waals surface area (Å²) in [7, 11) is 2.57. The Hall–Kier alpha value is -5.63. The molecule has 5 N–H and O–H groups in total. The number of alkyl carbamates (subject to hydrolysis) is 2. The molecule has 0 unspecified atom stereocenters. The number of ether oxygens (including phenoxy) is 2. The van der Waals surface area contributed by atoms with E-state index in [0.29, 0.717) is 17.4 Å². The molecule has 1 aliphatic heterocycles. The number of aromatic nitrogens is 4. The van der Waals surface area contributed by atoms with Crippen molar-refractivity contribution in [1.82, 2.24) is 40.8 Å². The summed E-state index contributed by atoms with van der Waals surface area (Å²) >= 11 is 6.75. The molecule has 4 amide bonds. The van der Waals surface area contributed by atoms with Crippen LogP contribution in [-0.2, 0) is 19.1 Å². The summed E-state index contributed by atoms with van der Waals surface area (Å²) in [5.74, 6) is 0.757. The topological polar surface area (TPSA) is 183 Å². The summed E-state index contributed by atoms with van der Waals surface area (Å²) in [4.78, 5) is 69.4. The standard InChI is InChI=1S/C43H51ClN8O6/c1-22(2)33(49-42(55)57-5)40(53)46-30-10-7-9-29(30)38-47-35(37(44)51-38)25-14-12-24(13-15-25)26-16-18-28-27(21-26)17-19-31-36(28)48-39(45-31)32-11-8-20-52(32)41(54)34(23(3)4)50-43(56)58-6/h12-19,21-23,29-30,32-34H,7-11,20H2,1-6H3,(H,45,48)(H,46,53)(H,47,51)(H,49,55)(H,50,56)/t29-,30+,32-,33-,34-/m0/s1.